The average Bonchev–Trinajstić information content (AvgIpc) is 3.08. The van der Waals surface area contributed by atoms with Gasteiger partial charge in [-0.1, -0.05) is 0 Å². The van der Waals surface area contributed by atoms with Crippen molar-refractivity contribution in [3.8, 4) is 22.9 Å². The molecule has 0 atom stereocenters. The Labute approximate surface area is 151 Å². The molecule has 0 N–H and O–H groups in total. The summed E-state index contributed by atoms with van der Waals surface area (Å²) >= 11 is 1.31. The molecule has 0 radical (unpaired) electrons. The second-order valence-electron chi connectivity index (χ2n) is 5.72. The van der Waals surface area contributed by atoms with Gasteiger partial charge in [-0.15, -0.1) is 11.3 Å². The Morgan fingerprint density at radius 3 is 2.85 bits per heavy atom. The van der Waals surface area contributed by atoms with Gasteiger partial charge in [-0.05, 0) is 18.2 Å². The zero-order valence-corrected chi connectivity index (χ0v) is 14.6. The van der Waals surface area contributed by atoms with Gasteiger partial charge in [0.1, 0.15) is 40.3 Å². The molecule has 4 heterocycles. The number of rotatable bonds is 2. The Bertz CT molecular complexity index is 1210. The van der Waals surface area contributed by atoms with Crippen molar-refractivity contribution in [1.29, 1.82) is 0 Å². The van der Waals surface area contributed by atoms with Crippen LogP contribution in [-0.2, 0) is 0 Å². The minimum Gasteiger partial charge on any atom is -0.496 e. The van der Waals surface area contributed by atoms with E-state index >= 15 is 0 Å². The van der Waals surface area contributed by atoms with Gasteiger partial charge in [-0.2, -0.15) is 0 Å². The quantitative estimate of drug-likeness (QED) is 0.542. The largest absolute Gasteiger partial charge is 0.496 e. The summed E-state index contributed by atoms with van der Waals surface area (Å²) in [7, 11) is 1.59. The highest BCUT2D eigenvalue weighted by Crippen LogP contribution is 2.36. The molecule has 0 unspecified atom stereocenters. The van der Waals surface area contributed by atoms with Crippen molar-refractivity contribution in [2.75, 3.05) is 20.3 Å². The van der Waals surface area contributed by atoms with Crippen molar-refractivity contribution in [1.82, 2.24) is 14.5 Å². The predicted octanol–water partition coefficient (Wildman–Crippen LogP) is 2.78. The van der Waals surface area contributed by atoms with Crippen molar-refractivity contribution in [3.05, 3.63) is 47.1 Å². The van der Waals surface area contributed by atoms with Crippen LogP contribution in [0.3, 0.4) is 0 Å². The second kappa shape index (κ2) is 5.70. The first kappa shape index (κ1) is 15.2. The standard InChI is InChI=1S/C18H13N3O4S/c1-23-12-4-5-19-17-14(12)15-16(26-17)18(22)21(9-20-15)10-2-3-11-13(8-10)25-7-6-24-11/h2-5,8-9H,6-7H2,1H3. The van der Waals surface area contributed by atoms with E-state index in [0.717, 1.165) is 10.2 Å². The Hall–Kier alpha value is -3.13. The predicted molar refractivity (Wildman–Crippen MR) is 98.1 cm³/mol. The van der Waals surface area contributed by atoms with Crippen LogP contribution in [0.4, 0.5) is 0 Å². The average molecular weight is 367 g/mol. The third-order valence-corrected chi connectivity index (χ3v) is 5.34. The number of fused-ring (bicyclic) bond motifs is 4. The molecular weight excluding hydrogens is 354 g/mol. The van der Waals surface area contributed by atoms with E-state index < -0.39 is 0 Å². The van der Waals surface area contributed by atoms with Crippen molar-refractivity contribution < 1.29 is 14.2 Å². The van der Waals surface area contributed by atoms with Gasteiger partial charge < -0.3 is 14.2 Å². The topological polar surface area (TPSA) is 75.5 Å². The number of ether oxygens (including phenoxy) is 3. The van der Waals surface area contributed by atoms with Crippen LogP contribution >= 0.6 is 11.3 Å². The molecule has 3 aromatic heterocycles. The first-order valence-corrected chi connectivity index (χ1v) is 8.81. The number of thiophene rings is 1. The maximum Gasteiger partial charge on any atom is 0.275 e. The molecule has 1 aliphatic rings. The van der Waals surface area contributed by atoms with E-state index in [1.165, 1.54) is 22.2 Å². The highest BCUT2D eigenvalue weighted by molar-refractivity contribution is 7.25. The number of aromatic nitrogens is 3. The molecule has 0 bridgehead atoms. The number of hydrogen-bond acceptors (Lipinski definition) is 7. The lowest BCUT2D eigenvalue weighted by Crippen LogP contribution is -2.19. The first-order chi connectivity index (χ1) is 12.8. The first-order valence-electron chi connectivity index (χ1n) is 7.99. The molecule has 4 aromatic rings. The Kier molecular flexibility index (Phi) is 3.32. The van der Waals surface area contributed by atoms with Crippen molar-refractivity contribution in [2.24, 2.45) is 0 Å². The lowest BCUT2D eigenvalue weighted by molar-refractivity contribution is 0.171. The smallest absolute Gasteiger partial charge is 0.275 e. The molecule has 1 aromatic carbocycles. The van der Waals surface area contributed by atoms with E-state index in [4.69, 9.17) is 14.2 Å². The third kappa shape index (κ3) is 2.15. The molecule has 0 saturated heterocycles. The third-order valence-electron chi connectivity index (χ3n) is 4.27. The number of pyridine rings is 1. The van der Waals surface area contributed by atoms with Gasteiger partial charge in [0.05, 0.1) is 18.2 Å². The Morgan fingerprint density at radius 2 is 2.00 bits per heavy atom. The fourth-order valence-electron chi connectivity index (χ4n) is 3.06. The maximum absolute atomic E-state index is 13.1. The van der Waals surface area contributed by atoms with Crippen molar-refractivity contribution in [3.63, 3.8) is 0 Å². The molecule has 0 spiro atoms. The van der Waals surface area contributed by atoms with Crippen molar-refractivity contribution in [2.45, 2.75) is 0 Å². The van der Waals surface area contributed by atoms with E-state index in [1.54, 1.807) is 31.5 Å². The summed E-state index contributed by atoms with van der Waals surface area (Å²) in [5, 5.41) is 0.765. The van der Waals surface area contributed by atoms with Gasteiger partial charge in [0, 0.05) is 12.3 Å². The van der Waals surface area contributed by atoms with Gasteiger partial charge >= 0.3 is 0 Å². The Morgan fingerprint density at radius 1 is 1.15 bits per heavy atom. The van der Waals surface area contributed by atoms with Crippen LogP contribution in [0, 0.1) is 0 Å². The molecule has 1 aliphatic heterocycles. The van der Waals surface area contributed by atoms with E-state index in [-0.39, 0.29) is 5.56 Å². The normalized spacial score (nSPS) is 13.3. The fourth-order valence-corrected chi connectivity index (χ4v) is 4.10. The van der Waals surface area contributed by atoms with E-state index in [1.807, 2.05) is 6.07 Å². The van der Waals surface area contributed by atoms with Crippen LogP contribution < -0.4 is 19.8 Å². The highest BCUT2D eigenvalue weighted by Gasteiger charge is 2.18. The molecular formula is C18H13N3O4S. The van der Waals surface area contributed by atoms with Crippen LogP contribution in [0.15, 0.2) is 41.6 Å². The summed E-state index contributed by atoms with van der Waals surface area (Å²) in [5.41, 5.74) is 1.12. The van der Waals surface area contributed by atoms with Crippen LogP contribution in [0.2, 0.25) is 0 Å². The van der Waals surface area contributed by atoms with Gasteiger partial charge in [-0.25, -0.2) is 9.97 Å². The van der Waals surface area contributed by atoms with Crippen LogP contribution in [0.25, 0.3) is 26.1 Å². The minimum atomic E-state index is -0.156. The molecule has 5 rings (SSSR count). The van der Waals surface area contributed by atoms with E-state index in [9.17, 15) is 4.79 Å². The summed E-state index contributed by atoms with van der Waals surface area (Å²) in [6.07, 6.45) is 3.19. The van der Waals surface area contributed by atoms with Gasteiger partial charge in [0.25, 0.3) is 5.56 Å². The number of hydrogen-bond donors (Lipinski definition) is 0. The molecule has 0 amide bonds. The van der Waals surface area contributed by atoms with E-state index in [0.29, 0.717) is 46.4 Å². The van der Waals surface area contributed by atoms with Gasteiger partial charge in [0.2, 0.25) is 0 Å². The highest BCUT2D eigenvalue weighted by atomic mass is 32.1. The van der Waals surface area contributed by atoms with Gasteiger partial charge in [-0.3, -0.25) is 9.36 Å². The van der Waals surface area contributed by atoms with Crippen LogP contribution in [0.5, 0.6) is 17.2 Å². The molecule has 130 valence electrons. The lowest BCUT2D eigenvalue weighted by Gasteiger charge is -2.19. The summed E-state index contributed by atoms with van der Waals surface area (Å²) in [5.74, 6) is 1.96. The maximum atomic E-state index is 13.1. The number of nitrogens with zero attached hydrogens (tertiary/aromatic N) is 3. The van der Waals surface area contributed by atoms with Crippen molar-refractivity contribution >= 4 is 31.8 Å². The van der Waals surface area contributed by atoms with Crippen LogP contribution in [0.1, 0.15) is 0 Å². The SMILES string of the molecule is COc1ccnc2sc3c(=O)n(-c4ccc5c(c4)OCCO5)cnc3c12. The molecule has 26 heavy (non-hydrogen) atoms. The minimum absolute atomic E-state index is 0.156. The molecule has 0 aliphatic carbocycles. The zero-order valence-electron chi connectivity index (χ0n) is 13.8. The molecule has 0 saturated carbocycles. The van der Waals surface area contributed by atoms with Gasteiger partial charge in [0.15, 0.2) is 11.5 Å². The van der Waals surface area contributed by atoms with E-state index in [2.05, 4.69) is 9.97 Å². The summed E-state index contributed by atoms with van der Waals surface area (Å²) < 4.78 is 18.6. The Balaban J connectivity index is 1.74. The molecule has 8 heteroatoms. The summed E-state index contributed by atoms with van der Waals surface area (Å²) in [4.78, 5) is 22.6. The fraction of sp³-hybridized carbons (Fsp3) is 0.167. The molecule has 7 nitrogen and oxygen atoms in total. The zero-order chi connectivity index (χ0) is 17.7. The molecule has 0 fully saturated rings. The lowest BCUT2D eigenvalue weighted by atomic mass is 10.2. The number of benzene rings is 1. The van der Waals surface area contributed by atoms with Crippen LogP contribution in [-0.4, -0.2) is 34.9 Å². The second-order valence-corrected chi connectivity index (χ2v) is 6.72. The monoisotopic (exact) mass is 367 g/mol. The number of methoxy groups -OCH3 is 1. The summed E-state index contributed by atoms with van der Waals surface area (Å²) in [6, 6.07) is 7.17. The summed E-state index contributed by atoms with van der Waals surface area (Å²) in [6.45, 7) is 1.01.